The van der Waals surface area contributed by atoms with E-state index in [1.165, 1.54) is 32.7 Å². The Bertz CT molecular complexity index is 165. The molecule has 1 aliphatic rings. The molecule has 1 amide bonds. The highest BCUT2D eigenvalue weighted by Gasteiger charge is 2.15. The van der Waals surface area contributed by atoms with E-state index in [1.807, 2.05) is 0 Å². The summed E-state index contributed by atoms with van der Waals surface area (Å²) in [4.78, 5) is 11.0. The standard InChI is InChI=1S/C9H18N2O2/c1-11(10)9(12)7-13-6-8-4-2-3-5-8/h8H,2-7,10H2,1H3. The minimum atomic E-state index is -0.169. The molecule has 0 spiro atoms. The summed E-state index contributed by atoms with van der Waals surface area (Å²) in [6.45, 7) is 0.822. The molecule has 0 radical (unpaired) electrons. The third kappa shape index (κ3) is 3.74. The minimum absolute atomic E-state index is 0.115. The van der Waals surface area contributed by atoms with E-state index in [2.05, 4.69) is 0 Å². The average molecular weight is 186 g/mol. The zero-order chi connectivity index (χ0) is 9.68. The number of nitrogens with two attached hydrogens (primary N) is 1. The fourth-order valence-corrected chi connectivity index (χ4v) is 1.59. The molecule has 1 saturated carbocycles. The summed E-state index contributed by atoms with van der Waals surface area (Å²) in [6, 6.07) is 0. The predicted octanol–water partition coefficient (Wildman–Crippen LogP) is 0.525. The van der Waals surface area contributed by atoms with Gasteiger partial charge in [-0.1, -0.05) is 12.8 Å². The number of hydrogen-bond donors (Lipinski definition) is 1. The molecule has 1 fully saturated rings. The van der Waals surface area contributed by atoms with E-state index < -0.39 is 0 Å². The molecule has 4 heteroatoms. The number of carbonyl (C=O) groups is 1. The van der Waals surface area contributed by atoms with Gasteiger partial charge in [-0.05, 0) is 18.8 Å². The van der Waals surface area contributed by atoms with E-state index in [-0.39, 0.29) is 12.5 Å². The number of hydrazine groups is 1. The van der Waals surface area contributed by atoms with E-state index in [4.69, 9.17) is 10.6 Å². The van der Waals surface area contributed by atoms with Gasteiger partial charge in [-0.2, -0.15) is 0 Å². The summed E-state index contributed by atoms with van der Waals surface area (Å²) in [5.74, 6) is 5.73. The summed E-state index contributed by atoms with van der Waals surface area (Å²) < 4.78 is 5.27. The third-order valence-electron chi connectivity index (χ3n) is 2.45. The van der Waals surface area contributed by atoms with E-state index in [0.717, 1.165) is 5.01 Å². The fraction of sp³-hybridized carbons (Fsp3) is 0.889. The molecule has 76 valence electrons. The maximum atomic E-state index is 11.0. The Morgan fingerprint density at radius 1 is 1.54 bits per heavy atom. The van der Waals surface area contributed by atoms with Crippen molar-refractivity contribution in [2.75, 3.05) is 20.3 Å². The maximum absolute atomic E-state index is 11.0. The van der Waals surface area contributed by atoms with Gasteiger partial charge >= 0.3 is 0 Å². The molecule has 0 bridgehead atoms. The number of ether oxygens (including phenoxy) is 1. The van der Waals surface area contributed by atoms with Crippen LogP contribution in [0, 0.1) is 5.92 Å². The van der Waals surface area contributed by atoms with E-state index in [9.17, 15) is 4.79 Å². The van der Waals surface area contributed by atoms with Gasteiger partial charge in [-0.25, -0.2) is 5.84 Å². The van der Waals surface area contributed by atoms with E-state index in [0.29, 0.717) is 12.5 Å². The number of hydrogen-bond acceptors (Lipinski definition) is 3. The summed E-state index contributed by atoms with van der Waals surface area (Å²) in [5, 5.41) is 1.06. The molecule has 0 unspecified atom stereocenters. The Labute approximate surface area is 79.0 Å². The highest BCUT2D eigenvalue weighted by atomic mass is 16.5. The molecular formula is C9H18N2O2. The number of amides is 1. The van der Waals surface area contributed by atoms with Crippen molar-refractivity contribution in [3.8, 4) is 0 Å². The van der Waals surface area contributed by atoms with Crippen molar-refractivity contribution < 1.29 is 9.53 Å². The van der Waals surface area contributed by atoms with Gasteiger partial charge in [0.25, 0.3) is 5.91 Å². The van der Waals surface area contributed by atoms with Gasteiger partial charge in [-0.3, -0.25) is 9.80 Å². The van der Waals surface area contributed by atoms with Crippen molar-refractivity contribution in [3.63, 3.8) is 0 Å². The largest absolute Gasteiger partial charge is 0.371 e. The lowest BCUT2D eigenvalue weighted by Gasteiger charge is -2.12. The second-order valence-electron chi connectivity index (χ2n) is 3.67. The molecule has 1 rings (SSSR count). The van der Waals surface area contributed by atoms with Crippen molar-refractivity contribution in [2.24, 2.45) is 11.8 Å². The highest BCUT2D eigenvalue weighted by Crippen LogP contribution is 2.24. The number of rotatable bonds is 4. The highest BCUT2D eigenvalue weighted by molar-refractivity contribution is 5.76. The van der Waals surface area contributed by atoms with Gasteiger partial charge < -0.3 is 4.74 Å². The topological polar surface area (TPSA) is 55.6 Å². The maximum Gasteiger partial charge on any atom is 0.262 e. The normalized spacial score (nSPS) is 17.7. The Morgan fingerprint density at radius 3 is 2.69 bits per heavy atom. The number of likely N-dealkylation sites (N-methyl/N-ethyl adjacent to an activating group) is 1. The molecule has 1 aliphatic carbocycles. The molecular weight excluding hydrogens is 168 g/mol. The second-order valence-corrected chi connectivity index (χ2v) is 3.67. The summed E-state index contributed by atoms with van der Waals surface area (Å²) >= 11 is 0. The van der Waals surface area contributed by atoms with E-state index in [1.54, 1.807) is 0 Å². The lowest BCUT2D eigenvalue weighted by molar-refractivity contribution is -0.135. The molecule has 4 nitrogen and oxygen atoms in total. The SMILES string of the molecule is CN(N)C(=O)COCC1CCCC1. The predicted molar refractivity (Wildman–Crippen MR) is 49.7 cm³/mol. The van der Waals surface area contributed by atoms with Crippen molar-refractivity contribution in [2.45, 2.75) is 25.7 Å². The molecule has 2 N–H and O–H groups in total. The van der Waals surface area contributed by atoms with Crippen LogP contribution in [0.25, 0.3) is 0 Å². The van der Waals surface area contributed by atoms with Crippen LogP contribution < -0.4 is 5.84 Å². The fourth-order valence-electron chi connectivity index (χ4n) is 1.59. The van der Waals surface area contributed by atoms with Crippen molar-refractivity contribution in [1.29, 1.82) is 0 Å². The van der Waals surface area contributed by atoms with Crippen LogP contribution in [0.1, 0.15) is 25.7 Å². The first kappa shape index (κ1) is 10.5. The summed E-state index contributed by atoms with van der Waals surface area (Å²) in [6.07, 6.45) is 5.09. The monoisotopic (exact) mass is 186 g/mol. The molecule has 0 aromatic heterocycles. The molecule has 0 heterocycles. The van der Waals surface area contributed by atoms with Crippen LogP contribution in [0.3, 0.4) is 0 Å². The van der Waals surface area contributed by atoms with Crippen molar-refractivity contribution >= 4 is 5.91 Å². The molecule has 0 aromatic carbocycles. The van der Waals surface area contributed by atoms with Crippen LogP contribution in [0.5, 0.6) is 0 Å². The van der Waals surface area contributed by atoms with Crippen LogP contribution in [0.4, 0.5) is 0 Å². The Morgan fingerprint density at radius 2 is 2.15 bits per heavy atom. The van der Waals surface area contributed by atoms with Gasteiger partial charge in [0.15, 0.2) is 0 Å². The van der Waals surface area contributed by atoms with Gasteiger partial charge in [0.2, 0.25) is 0 Å². The Hall–Kier alpha value is -0.610. The van der Waals surface area contributed by atoms with Gasteiger partial charge in [0.05, 0.1) is 6.61 Å². The first-order chi connectivity index (χ1) is 6.20. The molecule has 0 saturated heterocycles. The van der Waals surface area contributed by atoms with E-state index >= 15 is 0 Å². The second kappa shape index (κ2) is 5.19. The van der Waals surface area contributed by atoms with Crippen molar-refractivity contribution in [3.05, 3.63) is 0 Å². The quantitative estimate of drug-likeness (QED) is 0.396. The van der Waals surface area contributed by atoms with Gasteiger partial charge in [0.1, 0.15) is 6.61 Å². The lowest BCUT2D eigenvalue weighted by Crippen LogP contribution is -2.36. The smallest absolute Gasteiger partial charge is 0.262 e. The van der Waals surface area contributed by atoms with Gasteiger partial charge in [-0.15, -0.1) is 0 Å². The number of nitrogens with zero attached hydrogens (tertiary/aromatic N) is 1. The molecule has 0 atom stereocenters. The zero-order valence-electron chi connectivity index (χ0n) is 8.16. The zero-order valence-corrected chi connectivity index (χ0v) is 8.16. The van der Waals surface area contributed by atoms with Crippen LogP contribution in [0.2, 0.25) is 0 Å². The first-order valence-corrected chi connectivity index (χ1v) is 4.79. The lowest BCUT2D eigenvalue weighted by atomic mass is 10.1. The molecule has 0 aromatic rings. The molecule has 0 aliphatic heterocycles. The van der Waals surface area contributed by atoms with Crippen LogP contribution in [0.15, 0.2) is 0 Å². The molecule has 13 heavy (non-hydrogen) atoms. The summed E-state index contributed by atoms with van der Waals surface area (Å²) in [7, 11) is 1.53. The Kier molecular flexibility index (Phi) is 4.18. The van der Waals surface area contributed by atoms with Crippen molar-refractivity contribution in [1.82, 2.24) is 5.01 Å². The summed E-state index contributed by atoms with van der Waals surface area (Å²) in [5.41, 5.74) is 0. The minimum Gasteiger partial charge on any atom is -0.371 e. The Balaban J connectivity index is 2.03. The van der Waals surface area contributed by atoms with Gasteiger partial charge in [0, 0.05) is 7.05 Å². The van der Waals surface area contributed by atoms with Crippen LogP contribution in [-0.4, -0.2) is 31.2 Å². The van der Waals surface area contributed by atoms with Crippen LogP contribution >= 0.6 is 0 Å². The average Bonchev–Trinajstić information content (AvgIpc) is 2.56. The van der Waals surface area contributed by atoms with Crippen LogP contribution in [-0.2, 0) is 9.53 Å². The number of carbonyl (C=O) groups excluding carboxylic acids is 1. The first-order valence-electron chi connectivity index (χ1n) is 4.79. The third-order valence-corrected chi connectivity index (χ3v) is 2.45.